The summed E-state index contributed by atoms with van der Waals surface area (Å²) in [5.74, 6) is -2.79. The highest BCUT2D eigenvalue weighted by Crippen LogP contribution is 2.27. The fourth-order valence-electron chi connectivity index (χ4n) is 2.67. The molecule has 2 heterocycles. The molecule has 148 valence electrons. The van der Waals surface area contributed by atoms with Crippen molar-refractivity contribution in [2.45, 2.75) is 56.1 Å². The van der Waals surface area contributed by atoms with Crippen LogP contribution in [0, 0.1) is 0 Å². The minimum Gasteiger partial charge on any atom is -0.475 e. The van der Waals surface area contributed by atoms with Gasteiger partial charge in [0, 0.05) is 6.92 Å². The van der Waals surface area contributed by atoms with Crippen molar-refractivity contribution in [3.05, 3.63) is 11.8 Å². The normalized spacial score (nSPS) is 40.3. The van der Waals surface area contributed by atoms with Crippen molar-refractivity contribution in [2.75, 3.05) is 6.61 Å². The fourth-order valence-corrected chi connectivity index (χ4v) is 2.67. The number of aliphatic carboxylic acids is 1. The molecule has 2 aliphatic heterocycles. The lowest BCUT2D eigenvalue weighted by Gasteiger charge is -2.44. The lowest BCUT2D eigenvalue weighted by atomic mass is 9.96. The predicted molar refractivity (Wildman–Crippen MR) is 79.1 cm³/mol. The van der Waals surface area contributed by atoms with Crippen LogP contribution in [-0.4, -0.2) is 98.3 Å². The van der Waals surface area contributed by atoms with E-state index in [1.807, 2.05) is 0 Å². The summed E-state index contributed by atoms with van der Waals surface area (Å²) in [7, 11) is 0. The first kappa shape index (κ1) is 20.5. The molecule has 0 radical (unpaired) electrons. The molecule has 26 heavy (non-hydrogen) atoms. The summed E-state index contributed by atoms with van der Waals surface area (Å²) >= 11 is 0. The van der Waals surface area contributed by atoms with Gasteiger partial charge in [0.05, 0.1) is 6.61 Å². The van der Waals surface area contributed by atoms with E-state index < -0.39 is 73.4 Å². The number of hydrogen-bond acceptors (Lipinski definition) is 10. The van der Waals surface area contributed by atoms with Crippen LogP contribution in [0.5, 0.6) is 0 Å². The number of hydrogen-bond donors (Lipinski definition) is 7. The van der Waals surface area contributed by atoms with Crippen LogP contribution >= 0.6 is 0 Å². The molecular weight excluding hydrogens is 358 g/mol. The first-order chi connectivity index (χ1) is 12.1. The Labute approximate surface area is 147 Å². The molecule has 12 nitrogen and oxygen atoms in total. The van der Waals surface area contributed by atoms with Crippen LogP contribution in [0.1, 0.15) is 6.92 Å². The SMILES string of the molecule is CC(=O)NC1C(O)OC(CO)C(OC2OC(C(=O)O)=CC(O)C2O)C1O. The Morgan fingerprint density at radius 1 is 1.23 bits per heavy atom. The second-order valence-electron chi connectivity index (χ2n) is 5.87. The van der Waals surface area contributed by atoms with Crippen LogP contribution in [0.3, 0.4) is 0 Å². The second-order valence-corrected chi connectivity index (χ2v) is 5.87. The Hall–Kier alpha value is -1.80. The van der Waals surface area contributed by atoms with Crippen molar-refractivity contribution in [3.8, 4) is 0 Å². The highest BCUT2D eigenvalue weighted by atomic mass is 16.7. The Bertz CT molecular complexity index is 567. The van der Waals surface area contributed by atoms with Crippen molar-refractivity contribution in [1.29, 1.82) is 0 Å². The monoisotopic (exact) mass is 379 g/mol. The molecule has 8 atom stereocenters. The van der Waals surface area contributed by atoms with Gasteiger partial charge in [-0.05, 0) is 6.08 Å². The van der Waals surface area contributed by atoms with E-state index in [-0.39, 0.29) is 0 Å². The molecule has 8 unspecified atom stereocenters. The number of rotatable bonds is 5. The number of ether oxygens (including phenoxy) is 3. The van der Waals surface area contributed by atoms with Crippen LogP contribution < -0.4 is 5.32 Å². The minimum atomic E-state index is -1.72. The first-order valence-electron chi connectivity index (χ1n) is 7.68. The summed E-state index contributed by atoms with van der Waals surface area (Å²) in [5.41, 5.74) is 0. The molecule has 0 bridgehead atoms. The molecule has 2 rings (SSSR count). The van der Waals surface area contributed by atoms with Crippen molar-refractivity contribution >= 4 is 11.9 Å². The van der Waals surface area contributed by atoms with E-state index in [0.717, 1.165) is 13.0 Å². The molecule has 0 spiro atoms. The van der Waals surface area contributed by atoms with E-state index in [2.05, 4.69) is 5.32 Å². The fraction of sp³-hybridized carbons (Fsp3) is 0.714. The molecule has 1 saturated heterocycles. The Balaban J connectivity index is 2.19. The largest absolute Gasteiger partial charge is 0.475 e. The number of carbonyl (C=O) groups is 2. The molecule has 0 aromatic carbocycles. The van der Waals surface area contributed by atoms with Gasteiger partial charge in [-0.15, -0.1) is 0 Å². The molecule has 0 saturated carbocycles. The van der Waals surface area contributed by atoms with Gasteiger partial charge in [-0.1, -0.05) is 0 Å². The number of amides is 1. The first-order valence-corrected chi connectivity index (χ1v) is 7.68. The molecule has 0 aliphatic carbocycles. The topological polar surface area (TPSA) is 195 Å². The van der Waals surface area contributed by atoms with E-state index >= 15 is 0 Å². The number of aliphatic hydroxyl groups is 5. The van der Waals surface area contributed by atoms with Gasteiger partial charge in [-0.3, -0.25) is 4.79 Å². The molecular formula is C14H21NO11. The van der Waals surface area contributed by atoms with Gasteiger partial charge in [0.15, 0.2) is 6.29 Å². The Morgan fingerprint density at radius 2 is 1.88 bits per heavy atom. The van der Waals surface area contributed by atoms with E-state index in [9.17, 15) is 35.1 Å². The van der Waals surface area contributed by atoms with Crippen molar-refractivity contribution < 1.29 is 54.4 Å². The summed E-state index contributed by atoms with van der Waals surface area (Å²) in [6.45, 7) is 0.431. The second kappa shape index (κ2) is 8.26. The third kappa shape index (κ3) is 4.29. The summed E-state index contributed by atoms with van der Waals surface area (Å²) in [4.78, 5) is 22.2. The Morgan fingerprint density at radius 3 is 2.42 bits per heavy atom. The van der Waals surface area contributed by atoms with E-state index in [1.54, 1.807) is 0 Å². The summed E-state index contributed by atoms with van der Waals surface area (Å²) in [6, 6.07) is -1.32. The van der Waals surface area contributed by atoms with E-state index in [1.165, 1.54) is 0 Å². The summed E-state index contributed by atoms with van der Waals surface area (Å²) in [6.07, 6.45) is -10.2. The third-order valence-electron chi connectivity index (χ3n) is 3.94. The van der Waals surface area contributed by atoms with Gasteiger partial charge in [-0.25, -0.2) is 4.79 Å². The number of aliphatic hydroxyl groups excluding tert-OH is 5. The highest BCUT2D eigenvalue weighted by molar-refractivity contribution is 5.84. The van der Waals surface area contributed by atoms with Crippen LogP contribution in [-0.2, 0) is 23.8 Å². The maximum absolute atomic E-state index is 11.2. The minimum absolute atomic E-state index is 0.585. The maximum Gasteiger partial charge on any atom is 0.371 e. The zero-order valence-corrected chi connectivity index (χ0v) is 13.6. The average Bonchev–Trinajstić information content (AvgIpc) is 2.56. The van der Waals surface area contributed by atoms with Crippen molar-refractivity contribution in [3.63, 3.8) is 0 Å². The van der Waals surface area contributed by atoms with Gasteiger partial charge in [0.25, 0.3) is 0 Å². The maximum atomic E-state index is 11.2. The third-order valence-corrected chi connectivity index (χ3v) is 3.94. The smallest absolute Gasteiger partial charge is 0.371 e. The molecule has 1 fully saturated rings. The zero-order valence-electron chi connectivity index (χ0n) is 13.6. The van der Waals surface area contributed by atoms with Gasteiger partial charge in [-0.2, -0.15) is 0 Å². The zero-order chi connectivity index (χ0) is 19.6. The molecule has 1 amide bonds. The van der Waals surface area contributed by atoms with Crippen molar-refractivity contribution in [2.24, 2.45) is 0 Å². The lowest BCUT2D eigenvalue weighted by Crippen LogP contribution is -2.65. The van der Waals surface area contributed by atoms with E-state index in [0.29, 0.717) is 0 Å². The van der Waals surface area contributed by atoms with E-state index in [4.69, 9.17) is 19.3 Å². The van der Waals surface area contributed by atoms with Crippen LogP contribution in [0.2, 0.25) is 0 Å². The van der Waals surface area contributed by atoms with Crippen LogP contribution in [0.25, 0.3) is 0 Å². The van der Waals surface area contributed by atoms with Gasteiger partial charge in [0.1, 0.15) is 36.6 Å². The van der Waals surface area contributed by atoms with Crippen LogP contribution in [0.15, 0.2) is 11.8 Å². The van der Waals surface area contributed by atoms with Gasteiger partial charge < -0.3 is 50.2 Å². The summed E-state index contributed by atoms with van der Waals surface area (Å²) < 4.78 is 15.4. The lowest BCUT2D eigenvalue weighted by molar-refractivity contribution is -0.306. The van der Waals surface area contributed by atoms with Gasteiger partial charge >= 0.3 is 5.97 Å². The van der Waals surface area contributed by atoms with Crippen molar-refractivity contribution in [1.82, 2.24) is 5.32 Å². The predicted octanol–water partition coefficient (Wildman–Crippen LogP) is -4.01. The molecule has 2 aliphatic rings. The quantitative estimate of drug-likeness (QED) is 0.246. The molecule has 0 aromatic rings. The number of carboxylic acids is 1. The molecule has 7 N–H and O–H groups in total. The summed E-state index contributed by atoms with van der Waals surface area (Å²) in [5, 5.41) is 60.5. The van der Waals surface area contributed by atoms with Crippen LogP contribution in [0.4, 0.5) is 0 Å². The number of carboxylic acid groups (broad SMARTS) is 1. The number of nitrogens with one attached hydrogen (secondary N) is 1. The Kier molecular flexibility index (Phi) is 6.52. The standard InChI is InChI=1S/C14H21NO11/c1-4(17)15-8-10(20)11(7(3-16)24-13(8)23)26-14-9(19)5(18)2-6(25-14)12(21)22/h2,5,7-11,13-14,16,18-20,23H,3H2,1H3,(H,15,17)(H,21,22). The molecule has 0 aromatic heterocycles. The van der Waals surface area contributed by atoms with Gasteiger partial charge in [0.2, 0.25) is 18.0 Å². The number of carbonyl (C=O) groups excluding carboxylic acids is 1. The highest BCUT2D eigenvalue weighted by Gasteiger charge is 2.48. The average molecular weight is 379 g/mol. The molecule has 12 heteroatoms.